The molecule has 0 fully saturated rings. The highest BCUT2D eigenvalue weighted by molar-refractivity contribution is 9.09. The van der Waals surface area contributed by atoms with Gasteiger partial charge in [0.05, 0.1) is 55.3 Å². The molecule has 1 aromatic carbocycles. The van der Waals surface area contributed by atoms with Crippen molar-refractivity contribution in [3.05, 3.63) is 35.2 Å². The van der Waals surface area contributed by atoms with Gasteiger partial charge in [-0.1, -0.05) is 31.9 Å². The van der Waals surface area contributed by atoms with Gasteiger partial charge in [-0.3, -0.25) is 9.59 Å². The summed E-state index contributed by atoms with van der Waals surface area (Å²) in [6.45, 7) is 1.51. The molecule has 8 nitrogen and oxygen atoms in total. The molecular formula is C18H21Br2N3O5. The Balaban J connectivity index is 1.78. The van der Waals surface area contributed by atoms with E-state index in [0.29, 0.717) is 48.1 Å². The maximum absolute atomic E-state index is 12.3. The minimum Gasteiger partial charge on any atom is -0.481 e. The Hall–Kier alpha value is -1.62. The minimum atomic E-state index is -0.893. The second-order valence-corrected chi connectivity index (χ2v) is 6.83. The molecule has 2 rings (SSSR count). The number of carboxylic acid groups (broad SMARTS) is 1. The summed E-state index contributed by atoms with van der Waals surface area (Å²) in [4.78, 5) is 31.7. The number of alkyl halides is 2. The Labute approximate surface area is 179 Å². The number of carboxylic acids is 1. The fourth-order valence-corrected chi connectivity index (χ4v) is 3.20. The molecule has 1 aromatic heterocycles. The summed E-state index contributed by atoms with van der Waals surface area (Å²) in [5.74, 6) is -1.11. The number of benzene rings is 1. The van der Waals surface area contributed by atoms with Crippen molar-refractivity contribution in [1.82, 2.24) is 15.3 Å². The molecule has 0 unspecified atom stereocenters. The molecule has 0 spiro atoms. The van der Waals surface area contributed by atoms with Crippen LogP contribution in [0, 0.1) is 0 Å². The Morgan fingerprint density at radius 1 is 0.964 bits per heavy atom. The summed E-state index contributed by atoms with van der Waals surface area (Å²) in [6.07, 6.45) is -0.0270. The van der Waals surface area contributed by atoms with Gasteiger partial charge in [-0.2, -0.15) is 0 Å². The van der Waals surface area contributed by atoms with E-state index in [1.165, 1.54) is 0 Å². The number of nitrogens with zero attached hydrogens (tertiary/aromatic N) is 2. The molecule has 0 atom stereocenters. The van der Waals surface area contributed by atoms with Gasteiger partial charge in [-0.05, 0) is 18.2 Å². The van der Waals surface area contributed by atoms with Crippen LogP contribution in [0.5, 0.6) is 0 Å². The summed E-state index contributed by atoms with van der Waals surface area (Å²) in [6, 6.07) is 5.22. The van der Waals surface area contributed by atoms with Crippen LogP contribution in [-0.4, -0.2) is 59.9 Å². The molecular weight excluding hydrogens is 498 g/mol. The van der Waals surface area contributed by atoms with E-state index in [1.54, 1.807) is 18.2 Å². The molecule has 152 valence electrons. The van der Waals surface area contributed by atoms with E-state index >= 15 is 0 Å². The first-order valence-electron chi connectivity index (χ1n) is 8.62. The quantitative estimate of drug-likeness (QED) is 0.328. The Kier molecular flexibility index (Phi) is 9.76. The molecule has 0 aliphatic carbocycles. The third-order valence-corrected chi connectivity index (χ3v) is 4.76. The molecule has 0 saturated carbocycles. The van der Waals surface area contributed by atoms with Gasteiger partial charge in [-0.25, -0.2) is 9.97 Å². The average molecular weight is 519 g/mol. The molecule has 0 aliphatic heterocycles. The Morgan fingerprint density at radius 2 is 1.61 bits per heavy atom. The number of amides is 1. The van der Waals surface area contributed by atoms with E-state index in [9.17, 15) is 9.59 Å². The predicted octanol–water partition coefficient (Wildman–Crippen LogP) is 2.66. The van der Waals surface area contributed by atoms with Gasteiger partial charge in [0.15, 0.2) is 0 Å². The lowest BCUT2D eigenvalue weighted by molar-refractivity contribution is -0.138. The normalized spacial score (nSPS) is 10.9. The fourth-order valence-electron chi connectivity index (χ4n) is 2.30. The Bertz CT molecular complexity index is 819. The predicted molar refractivity (Wildman–Crippen MR) is 111 cm³/mol. The van der Waals surface area contributed by atoms with E-state index in [2.05, 4.69) is 47.1 Å². The van der Waals surface area contributed by atoms with Gasteiger partial charge >= 0.3 is 5.97 Å². The van der Waals surface area contributed by atoms with Crippen LogP contribution in [-0.2, 0) is 24.9 Å². The number of halogens is 2. The van der Waals surface area contributed by atoms with Crippen molar-refractivity contribution in [3.63, 3.8) is 0 Å². The molecule has 2 N–H and O–H groups in total. The lowest BCUT2D eigenvalue weighted by atomic mass is 10.1. The highest BCUT2D eigenvalue weighted by Crippen LogP contribution is 2.18. The number of hydrogen-bond acceptors (Lipinski definition) is 6. The molecule has 0 bridgehead atoms. The topological polar surface area (TPSA) is 111 Å². The largest absolute Gasteiger partial charge is 0.481 e. The number of nitrogens with one attached hydrogen (secondary N) is 1. The number of ether oxygens (including phenoxy) is 2. The molecule has 0 aliphatic rings. The van der Waals surface area contributed by atoms with Gasteiger partial charge in [0, 0.05) is 22.8 Å². The van der Waals surface area contributed by atoms with Crippen LogP contribution in [0.3, 0.4) is 0 Å². The van der Waals surface area contributed by atoms with Crippen molar-refractivity contribution in [1.29, 1.82) is 0 Å². The standard InChI is InChI=1S/C18H21Br2N3O5/c19-10-15-16(11-20)23-14-9-12(1-2-13(14)22-15)18(26)21-4-6-28-8-7-27-5-3-17(24)25/h1-2,9H,3-8,10-11H2,(H,21,26)(H,24,25). The zero-order valence-electron chi connectivity index (χ0n) is 15.1. The first kappa shape index (κ1) is 22.7. The van der Waals surface area contributed by atoms with Crippen LogP contribution < -0.4 is 5.32 Å². The Morgan fingerprint density at radius 3 is 2.25 bits per heavy atom. The van der Waals surface area contributed by atoms with Crippen LogP contribution >= 0.6 is 31.9 Å². The van der Waals surface area contributed by atoms with Crippen LogP contribution in [0.1, 0.15) is 28.2 Å². The van der Waals surface area contributed by atoms with E-state index < -0.39 is 5.97 Å². The summed E-state index contributed by atoms with van der Waals surface area (Å²) in [7, 11) is 0. The molecule has 28 heavy (non-hydrogen) atoms. The number of aliphatic carboxylic acids is 1. The second-order valence-electron chi connectivity index (χ2n) is 5.71. The number of carbonyl (C=O) groups is 2. The summed E-state index contributed by atoms with van der Waals surface area (Å²) >= 11 is 6.81. The summed E-state index contributed by atoms with van der Waals surface area (Å²) in [5, 5.41) is 12.5. The van der Waals surface area contributed by atoms with Crippen LogP contribution in [0.25, 0.3) is 11.0 Å². The van der Waals surface area contributed by atoms with Crippen molar-refractivity contribution in [2.45, 2.75) is 17.1 Å². The van der Waals surface area contributed by atoms with Crippen molar-refractivity contribution in [3.8, 4) is 0 Å². The van der Waals surface area contributed by atoms with Crippen molar-refractivity contribution in [2.75, 3.05) is 33.0 Å². The van der Waals surface area contributed by atoms with Crippen LogP contribution in [0.15, 0.2) is 18.2 Å². The number of carbonyl (C=O) groups excluding carboxylic acids is 1. The van der Waals surface area contributed by atoms with Gasteiger partial charge < -0.3 is 19.9 Å². The smallest absolute Gasteiger partial charge is 0.305 e. The maximum Gasteiger partial charge on any atom is 0.305 e. The third kappa shape index (κ3) is 7.08. The van der Waals surface area contributed by atoms with Crippen molar-refractivity contribution >= 4 is 54.8 Å². The lowest BCUT2D eigenvalue weighted by Gasteiger charge is -2.09. The average Bonchev–Trinajstić information content (AvgIpc) is 2.70. The lowest BCUT2D eigenvalue weighted by Crippen LogP contribution is -2.27. The molecule has 0 saturated heterocycles. The minimum absolute atomic E-state index is 0.0270. The molecule has 1 heterocycles. The van der Waals surface area contributed by atoms with Gasteiger partial charge in [0.1, 0.15) is 0 Å². The number of hydrogen-bond donors (Lipinski definition) is 2. The van der Waals surface area contributed by atoms with Gasteiger partial charge in [-0.15, -0.1) is 0 Å². The third-order valence-electron chi connectivity index (χ3n) is 3.70. The number of aromatic nitrogens is 2. The second kappa shape index (κ2) is 12.1. The number of rotatable bonds is 12. The molecule has 2 aromatic rings. The first-order chi connectivity index (χ1) is 13.5. The molecule has 10 heteroatoms. The summed E-state index contributed by atoms with van der Waals surface area (Å²) < 4.78 is 10.4. The molecule has 1 amide bonds. The van der Waals surface area contributed by atoms with Crippen molar-refractivity contribution < 1.29 is 24.2 Å². The highest BCUT2D eigenvalue weighted by Gasteiger charge is 2.10. The van der Waals surface area contributed by atoms with E-state index in [0.717, 1.165) is 16.9 Å². The molecule has 0 radical (unpaired) electrons. The zero-order chi connectivity index (χ0) is 20.4. The fraction of sp³-hybridized carbons (Fsp3) is 0.444. The SMILES string of the molecule is O=C(O)CCOCCOCCNC(=O)c1ccc2nc(CBr)c(CBr)nc2c1. The van der Waals surface area contributed by atoms with Crippen LogP contribution in [0.2, 0.25) is 0 Å². The van der Waals surface area contributed by atoms with Gasteiger partial charge in [0.25, 0.3) is 5.91 Å². The van der Waals surface area contributed by atoms with Gasteiger partial charge in [0.2, 0.25) is 0 Å². The number of fused-ring (bicyclic) bond motifs is 1. The van der Waals surface area contributed by atoms with E-state index in [4.69, 9.17) is 14.6 Å². The van der Waals surface area contributed by atoms with Crippen molar-refractivity contribution in [2.24, 2.45) is 0 Å². The highest BCUT2D eigenvalue weighted by atomic mass is 79.9. The van der Waals surface area contributed by atoms with E-state index in [1.807, 2.05) is 0 Å². The van der Waals surface area contributed by atoms with Crippen LogP contribution in [0.4, 0.5) is 0 Å². The van der Waals surface area contributed by atoms with E-state index in [-0.39, 0.29) is 18.9 Å². The maximum atomic E-state index is 12.3. The monoisotopic (exact) mass is 517 g/mol. The first-order valence-corrected chi connectivity index (χ1v) is 10.9. The zero-order valence-corrected chi connectivity index (χ0v) is 18.3. The summed E-state index contributed by atoms with van der Waals surface area (Å²) in [5.41, 5.74) is 3.61.